The zero-order chi connectivity index (χ0) is 12.3. The Balaban J connectivity index is 2.04. The molecule has 0 fully saturated rings. The van der Waals surface area contributed by atoms with Crippen molar-refractivity contribution in [1.29, 1.82) is 0 Å². The van der Waals surface area contributed by atoms with Crippen molar-refractivity contribution in [3.05, 3.63) is 45.6 Å². The average Bonchev–Trinajstić information content (AvgIpc) is 2.30. The Kier molecular flexibility index (Phi) is 3.78. The molecule has 0 aliphatic rings. The molecule has 0 unspecified atom stereocenters. The summed E-state index contributed by atoms with van der Waals surface area (Å²) in [5.41, 5.74) is 9.37. The molecule has 1 aromatic carbocycles. The molecule has 0 bridgehead atoms. The van der Waals surface area contributed by atoms with E-state index in [1.165, 1.54) is 0 Å². The second-order valence-corrected chi connectivity index (χ2v) is 4.90. The molecule has 17 heavy (non-hydrogen) atoms. The summed E-state index contributed by atoms with van der Waals surface area (Å²) >= 11 is 2.26. The highest BCUT2D eigenvalue weighted by Crippen LogP contribution is 2.21. The highest BCUT2D eigenvalue weighted by atomic mass is 127. The molecule has 88 valence electrons. The van der Waals surface area contributed by atoms with Gasteiger partial charge in [0.1, 0.15) is 0 Å². The van der Waals surface area contributed by atoms with Crippen LogP contribution in [-0.2, 0) is 6.54 Å². The van der Waals surface area contributed by atoms with Gasteiger partial charge in [-0.25, -0.2) is 0 Å². The summed E-state index contributed by atoms with van der Waals surface area (Å²) in [5.74, 6) is 0. The van der Waals surface area contributed by atoms with E-state index in [9.17, 15) is 0 Å². The largest absolute Gasteiger partial charge is 0.399 e. The van der Waals surface area contributed by atoms with E-state index >= 15 is 0 Å². The first kappa shape index (κ1) is 12.1. The molecule has 1 aromatic heterocycles. The minimum atomic E-state index is 0.660. The third-order valence-electron chi connectivity index (χ3n) is 2.29. The number of aryl methyl sites for hydroxylation is 1. The fourth-order valence-corrected chi connectivity index (χ4v) is 2.10. The first-order chi connectivity index (χ1) is 8.15. The third-order valence-corrected chi connectivity index (χ3v) is 3.18. The molecule has 0 radical (unpaired) electrons. The highest BCUT2D eigenvalue weighted by molar-refractivity contribution is 14.1. The summed E-state index contributed by atoms with van der Waals surface area (Å²) in [7, 11) is 0. The van der Waals surface area contributed by atoms with E-state index in [2.05, 4.69) is 37.9 Å². The zero-order valence-electron chi connectivity index (χ0n) is 9.44. The molecule has 0 aliphatic carbocycles. The van der Waals surface area contributed by atoms with Gasteiger partial charge in [-0.05, 0) is 47.7 Å². The molecule has 4 nitrogen and oxygen atoms in total. The fourth-order valence-electron chi connectivity index (χ4n) is 1.37. The van der Waals surface area contributed by atoms with Crippen LogP contribution in [0.3, 0.4) is 0 Å². The van der Waals surface area contributed by atoms with Crippen LogP contribution in [-0.4, -0.2) is 9.97 Å². The van der Waals surface area contributed by atoms with Crippen LogP contribution in [0, 0.1) is 10.5 Å². The van der Waals surface area contributed by atoms with Gasteiger partial charge < -0.3 is 11.1 Å². The Labute approximate surface area is 114 Å². The number of anilines is 2. The monoisotopic (exact) mass is 340 g/mol. The van der Waals surface area contributed by atoms with Crippen molar-refractivity contribution < 1.29 is 0 Å². The standard InChI is InChI=1S/C12H13IN4/c1-8-5-16-10(6-15-8)7-17-12-3-2-9(14)4-11(12)13/h2-6,17H,7,14H2,1H3. The summed E-state index contributed by atoms with van der Waals surface area (Å²) < 4.78 is 1.10. The molecule has 0 saturated heterocycles. The van der Waals surface area contributed by atoms with Gasteiger partial charge >= 0.3 is 0 Å². The third kappa shape index (κ3) is 3.29. The smallest absolute Gasteiger partial charge is 0.0777 e. The summed E-state index contributed by atoms with van der Waals surface area (Å²) in [6.45, 7) is 2.58. The van der Waals surface area contributed by atoms with Crippen molar-refractivity contribution in [3.63, 3.8) is 0 Å². The molecular weight excluding hydrogens is 327 g/mol. The van der Waals surface area contributed by atoms with Gasteiger partial charge in [-0.3, -0.25) is 9.97 Å². The lowest BCUT2D eigenvalue weighted by Crippen LogP contribution is -2.04. The number of nitrogens with one attached hydrogen (secondary N) is 1. The molecule has 0 saturated carbocycles. The lowest BCUT2D eigenvalue weighted by Gasteiger charge is -2.08. The van der Waals surface area contributed by atoms with Crippen LogP contribution in [0.1, 0.15) is 11.4 Å². The van der Waals surface area contributed by atoms with Gasteiger partial charge in [0, 0.05) is 21.1 Å². The van der Waals surface area contributed by atoms with E-state index in [1.807, 2.05) is 25.1 Å². The Morgan fingerprint density at radius 2 is 2.12 bits per heavy atom. The second kappa shape index (κ2) is 5.31. The van der Waals surface area contributed by atoms with Gasteiger partial charge in [0.2, 0.25) is 0 Å². The SMILES string of the molecule is Cc1cnc(CNc2ccc(N)cc2I)cn1. The lowest BCUT2D eigenvalue weighted by atomic mass is 10.3. The summed E-state index contributed by atoms with van der Waals surface area (Å²) in [4.78, 5) is 8.49. The molecular formula is C12H13IN4. The molecule has 1 heterocycles. The molecule has 5 heteroatoms. The van der Waals surface area contributed by atoms with Crippen molar-refractivity contribution in [1.82, 2.24) is 9.97 Å². The summed E-state index contributed by atoms with van der Waals surface area (Å²) in [6, 6.07) is 5.79. The molecule has 0 spiro atoms. The number of hydrogen-bond donors (Lipinski definition) is 2. The van der Waals surface area contributed by atoms with E-state index in [1.54, 1.807) is 12.4 Å². The molecule has 0 amide bonds. The summed E-state index contributed by atoms with van der Waals surface area (Å²) in [5, 5.41) is 3.31. The van der Waals surface area contributed by atoms with Crippen LogP contribution < -0.4 is 11.1 Å². The predicted molar refractivity (Wildman–Crippen MR) is 77.7 cm³/mol. The van der Waals surface area contributed by atoms with Crippen molar-refractivity contribution in [2.24, 2.45) is 0 Å². The number of halogens is 1. The fraction of sp³-hybridized carbons (Fsp3) is 0.167. The van der Waals surface area contributed by atoms with Crippen LogP contribution in [0.25, 0.3) is 0 Å². The Hall–Kier alpha value is -1.37. The quantitative estimate of drug-likeness (QED) is 0.666. The Bertz CT molecular complexity index is 510. The minimum absolute atomic E-state index is 0.660. The zero-order valence-corrected chi connectivity index (χ0v) is 11.6. The lowest BCUT2D eigenvalue weighted by molar-refractivity contribution is 0.984. The molecule has 2 rings (SSSR count). The molecule has 2 aromatic rings. The maximum absolute atomic E-state index is 5.70. The Morgan fingerprint density at radius 3 is 2.76 bits per heavy atom. The van der Waals surface area contributed by atoms with E-state index < -0.39 is 0 Å². The average molecular weight is 340 g/mol. The number of nitrogen functional groups attached to an aromatic ring is 1. The molecule has 0 aliphatic heterocycles. The van der Waals surface area contributed by atoms with E-state index in [0.29, 0.717) is 6.54 Å². The van der Waals surface area contributed by atoms with Gasteiger partial charge in [0.15, 0.2) is 0 Å². The van der Waals surface area contributed by atoms with Crippen molar-refractivity contribution in [2.45, 2.75) is 13.5 Å². The van der Waals surface area contributed by atoms with Gasteiger partial charge in [0.05, 0.1) is 24.1 Å². The number of nitrogens with two attached hydrogens (primary N) is 1. The first-order valence-corrected chi connectivity index (χ1v) is 6.29. The van der Waals surface area contributed by atoms with E-state index in [0.717, 1.165) is 26.3 Å². The highest BCUT2D eigenvalue weighted by Gasteiger charge is 2.00. The maximum Gasteiger partial charge on any atom is 0.0777 e. The normalized spacial score (nSPS) is 10.2. The summed E-state index contributed by atoms with van der Waals surface area (Å²) in [6.07, 6.45) is 3.55. The van der Waals surface area contributed by atoms with Crippen LogP contribution in [0.4, 0.5) is 11.4 Å². The number of nitrogens with zero attached hydrogens (tertiary/aromatic N) is 2. The van der Waals surface area contributed by atoms with Crippen molar-refractivity contribution in [2.75, 3.05) is 11.1 Å². The van der Waals surface area contributed by atoms with E-state index in [4.69, 9.17) is 5.73 Å². The van der Waals surface area contributed by atoms with Crippen LogP contribution >= 0.6 is 22.6 Å². The van der Waals surface area contributed by atoms with Gasteiger partial charge in [-0.1, -0.05) is 0 Å². The van der Waals surface area contributed by atoms with E-state index in [-0.39, 0.29) is 0 Å². The minimum Gasteiger partial charge on any atom is -0.399 e. The van der Waals surface area contributed by atoms with Gasteiger partial charge in [0.25, 0.3) is 0 Å². The molecule has 0 atom stereocenters. The van der Waals surface area contributed by atoms with Crippen molar-refractivity contribution in [3.8, 4) is 0 Å². The topological polar surface area (TPSA) is 63.8 Å². The molecule has 3 N–H and O–H groups in total. The van der Waals surface area contributed by atoms with Crippen LogP contribution in [0.5, 0.6) is 0 Å². The first-order valence-electron chi connectivity index (χ1n) is 5.21. The van der Waals surface area contributed by atoms with Gasteiger partial charge in [-0.15, -0.1) is 0 Å². The number of hydrogen-bond acceptors (Lipinski definition) is 4. The number of aromatic nitrogens is 2. The number of benzene rings is 1. The van der Waals surface area contributed by atoms with Crippen LogP contribution in [0.15, 0.2) is 30.6 Å². The number of rotatable bonds is 3. The van der Waals surface area contributed by atoms with Crippen molar-refractivity contribution >= 4 is 34.0 Å². The van der Waals surface area contributed by atoms with Gasteiger partial charge in [-0.2, -0.15) is 0 Å². The Morgan fingerprint density at radius 1 is 1.29 bits per heavy atom. The van der Waals surface area contributed by atoms with Crippen LogP contribution in [0.2, 0.25) is 0 Å². The second-order valence-electron chi connectivity index (χ2n) is 3.74. The predicted octanol–water partition coefficient (Wildman–Crippen LogP) is 2.58. The maximum atomic E-state index is 5.70.